The van der Waals surface area contributed by atoms with Crippen molar-refractivity contribution in [2.24, 2.45) is 5.73 Å². The van der Waals surface area contributed by atoms with Crippen molar-refractivity contribution in [2.75, 3.05) is 0 Å². The van der Waals surface area contributed by atoms with Crippen molar-refractivity contribution >= 4 is 0 Å². The van der Waals surface area contributed by atoms with Crippen LogP contribution in [0.5, 0.6) is 0 Å². The predicted octanol–water partition coefficient (Wildman–Crippen LogP) is 2.36. The van der Waals surface area contributed by atoms with E-state index in [1.165, 1.54) is 11.1 Å². The summed E-state index contributed by atoms with van der Waals surface area (Å²) in [5.41, 5.74) is 8.66. The molecule has 2 rings (SSSR count). The van der Waals surface area contributed by atoms with E-state index >= 15 is 0 Å². The molecule has 1 aliphatic rings. The highest BCUT2D eigenvalue weighted by Gasteiger charge is 2.39. The van der Waals surface area contributed by atoms with Gasteiger partial charge in [-0.1, -0.05) is 30.3 Å². The monoisotopic (exact) mass is 173 g/mol. The van der Waals surface area contributed by atoms with Gasteiger partial charge in [-0.15, -0.1) is 6.58 Å². The largest absolute Gasteiger partial charge is 0.321 e. The number of rotatable bonds is 3. The maximum atomic E-state index is 6.07. The molecule has 0 atom stereocenters. The first-order valence-corrected chi connectivity index (χ1v) is 4.74. The Balaban J connectivity index is 2.18. The van der Waals surface area contributed by atoms with Gasteiger partial charge in [-0.2, -0.15) is 0 Å². The third-order valence-corrected chi connectivity index (χ3v) is 2.70. The molecule has 0 heterocycles. The zero-order valence-corrected chi connectivity index (χ0v) is 7.79. The Morgan fingerprint density at radius 3 is 2.38 bits per heavy atom. The van der Waals surface area contributed by atoms with Gasteiger partial charge in [-0.05, 0) is 30.4 Å². The molecule has 0 radical (unpaired) electrons. The quantitative estimate of drug-likeness (QED) is 0.698. The maximum Gasteiger partial charge on any atom is 0.0411 e. The molecule has 1 heteroatoms. The van der Waals surface area contributed by atoms with Crippen LogP contribution in [-0.4, -0.2) is 0 Å². The van der Waals surface area contributed by atoms with Crippen molar-refractivity contribution in [1.82, 2.24) is 0 Å². The molecule has 1 aliphatic carbocycles. The lowest BCUT2D eigenvalue weighted by molar-refractivity contribution is 0.739. The molecule has 13 heavy (non-hydrogen) atoms. The minimum atomic E-state index is 0.00666. The van der Waals surface area contributed by atoms with Crippen LogP contribution in [0.2, 0.25) is 0 Å². The lowest BCUT2D eigenvalue weighted by Gasteiger charge is -2.08. The molecule has 0 bridgehead atoms. The van der Waals surface area contributed by atoms with Crippen molar-refractivity contribution in [3.63, 3.8) is 0 Å². The summed E-state index contributed by atoms with van der Waals surface area (Å²) < 4.78 is 0. The Hall–Kier alpha value is -1.08. The molecule has 1 fully saturated rings. The Morgan fingerprint density at radius 1 is 1.31 bits per heavy atom. The van der Waals surface area contributed by atoms with Crippen molar-refractivity contribution in [3.8, 4) is 0 Å². The van der Waals surface area contributed by atoms with Crippen molar-refractivity contribution in [1.29, 1.82) is 0 Å². The van der Waals surface area contributed by atoms with Crippen LogP contribution in [0.3, 0.4) is 0 Å². The zero-order chi connectivity index (χ0) is 9.31. The van der Waals surface area contributed by atoms with Gasteiger partial charge >= 0.3 is 0 Å². The summed E-state index contributed by atoms with van der Waals surface area (Å²) in [6.45, 7) is 3.71. The SMILES string of the molecule is C=CCc1ccc(C2(N)CC2)cc1. The zero-order valence-electron chi connectivity index (χ0n) is 7.79. The normalized spacial score (nSPS) is 18.2. The Morgan fingerprint density at radius 2 is 1.92 bits per heavy atom. The van der Waals surface area contributed by atoms with Gasteiger partial charge in [0, 0.05) is 5.54 Å². The lowest BCUT2D eigenvalue weighted by Crippen LogP contribution is -2.18. The average molecular weight is 173 g/mol. The number of allylic oxidation sites excluding steroid dienone is 1. The summed E-state index contributed by atoms with van der Waals surface area (Å²) in [5.74, 6) is 0. The molecule has 0 aromatic heterocycles. The fourth-order valence-electron chi connectivity index (χ4n) is 1.56. The summed E-state index contributed by atoms with van der Waals surface area (Å²) in [4.78, 5) is 0. The molecule has 0 amide bonds. The topological polar surface area (TPSA) is 26.0 Å². The van der Waals surface area contributed by atoms with E-state index in [0.717, 1.165) is 19.3 Å². The molecule has 1 saturated carbocycles. The first-order chi connectivity index (χ1) is 6.24. The highest BCUT2D eigenvalue weighted by Crippen LogP contribution is 2.42. The first kappa shape index (κ1) is 8.52. The van der Waals surface area contributed by atoms with E-state index in [2.05, 4.69) is 30.8 Å². The van der Waals surface area contributed by atoms with E-state index in [1.54, 1.807) is 0 Å². The van der Waals surface area contributed by atoms with E-state index in [-0.39, 0.29) is 5.54 Å². The summed E-state index contributed by atoms with van der Waals surface area (Å²) in [5, 5.41) is 0. The minimum absolute atomic E-state index is 0.00666. The van der Waals surface area contributed by atoms with Crippen LogP contribution >= 0.6 is 0 Å². The fraction of sp³-hybridized carbons (Fsp3) is 0.333. The third-order valence-electron chi connectivity index (χ3n) is 2.70. The molecule has 2 N–H and O–H groups in total. The minimum Gasteiger partial charge on any atom is -0.321 e. The summed E-state index contributed by atoms with van der Waals surface area (Å²) in [6, 6.07) is 8.57. The summed E-state index contributed by atoms with van der Waals surface area (Å²) in [7, 11) is 0. The van der Waals surface area contributed by atoms with Crippen LogP contribution in [-0.2, 0) is 12.0 Å². The van der Waals surface area contributed by atoms with Crippen molar-refractivity contribution < 1.29 is 0 Å². The van der Waals surface area contributed by atoms with Crippen molar-refractivity contribution in [3.05, 3.63) is 48.0 Å². The highest BCUT2D eigenvalue weighted by molar-refractivity contribution is 5.32. The van der Waals surface area contributed by atoms with E-state index in [0.29, 0.717) is 0 Å². The Bertz CT molecular complexity index is 306. The second-order valence-electron chi connectivity index (χ2n) is 3.85. The van der Waals surface area contributed by atoms with Gasteiger partial charge in [0.15, 0.2) is 0 Å². The van der Waals surface area contributed by atoms with Gasteiger partial charge in [0.25, 0.3) is 0 Å². The molecule has 1 aromatic rings. The molecule has 0 saturated heterocycles. The summed E-state index contributed by atoms with van der Waals surface area (Å²) >= 11 is 0. The van der Waals surface area contributed by atoms with Crippen LogP contribution in [0.15, 0.2) is 36.9 Å². The summed E-state index contributed by atoms with van der Waals surface area (Å²) in [6.07, 6.45) is 5.13. The smallest absolute Gasteiger partial charge is 0.0411 e. The second kappa shape index (κ2) is 3.00. The second-order valence-corrected chi connectivity index (χ2v) is 3.85. The van der Waals surface area contributed by atoms with Gasteiger partial charge in [0.1, 0.15) is 0 Å². The number of benzene rings is 1. The van der Waals surface area contributed by atoms with Gasteiger partial charge in [-0.3, -0.25) is 0 Å². The molecular weight excluding hydrogens is 158 g/mol. The van der Waals surface area contributed by atoms with E-state index in [1.807, 2.05) is 6.08 Å². The molecule has 1 aromatic carbocycles. The molecular formula is C12H15N. The third kappa shape index (κ3) is 1.65. The van der Waals surface area contributed by atoms with Gasteiger partial charge < -0.3 is 5.73 Å². The van der Waals surface area contributed by atoms with Crippen LogP contribution in [0.4, 0.5) is 0 Å². The van der Waals surface area contributed by atoms with E-state index in [9.17, 15) is 0 Å². The van der Waals surface area contributed by atoms with Gasteiger partial charge in [0.05, 0.1) is 0 Å². The molecule has 1 nitrogen and oxygen atoms in total. The van der Waals surface area contributed by atoms with Crippen LogP contribution in [0.1, 0.15) is 24.0 Å². The van der Waals surface area contributed by atoms with E-state index < -0.39 is 0 Å². The Labute approximate surface area is 79.3 Å². The Kier molecular flexibility index (Phi) is 1.97. The average Bonchev–Trinajstić information content (AvgIpc) is 2.87. The fourth-order valence-corrected chi connectivity index (χ4v) is 1.56. The van der Waals surface area contributed by atoms with Crippen LogP contribution < -0.4 is 5.73 Å². The maximum absolute atomic E-state index is 6.07. The number of nitrogens with two attached hydrogens (primary N) is 1. The van der Waals surface area contributed by atoms with E-state index in [4.69, 9.17) is 5.73 Å². The van der Waals surface area contributed by atoms with Crippen molar-refractivity contribution in [2.45, 2.75) is 24.8 Å². The standard InChI is InChI=1S/C12H15N/c1-2-3-10-4-6-11(7-5-10)12(13)8-9-12/h2,4-7H,1,3,8-9,13H2. The molecule has 68 valence electrons. The molecule has 0 unspecified atom stereocenters. The predicted molar refractivity (Wildman–Crippen MR) is 55.4 cm³/mol. The highest BCUT2D eigenvalue weighted by atomic mass is 14.8. The van der Waals surface area contributed by atoms with Crippen LogP contribution in [0.25, 0.3) is 0 Å². The molecule has 0 aliphatic heterocycles. The number of hydrogen-bond donors (Lipinski definition) is 1. The van der Waals surface area contributed by atoms with Gasteiger partial charge in [-0.25, -0.2) is 0 Å². The molecule has 0 spiro atoms. The number of hydrogen-bond acceptors (Lipinski definition) is 1. The van der Waals surface area contributed by atoms with Crippen LogP contribution in [0, 0.1) is 0 Å². The first-order valence-electron chi connectivity index (χ1n) is 4.74. The lowest BCUT2D eigenvalue weighted by atomic mass is 10.0. The van der Waals surface area contributed by atoms with Gasteiger partial charge in [0.2, 0.25) is 0 Å².